The highest BCUT2D eigenvalue weighted by molar-refractivity contribution is 7.71. The van der Waals surface area contributed by atoms with Crippen LogP contribution in [0.15, 0.2) is 53.6 Å². The Bertz CT molecular complexity index is 1010. The van der Waals surface area contributed by atoms with Crippen molar-refractivity contribution >= 4 is 18.4 Å². The van der Waals surface area contributed by atoms with E-state index in [2.05, 4.69) is 22.2 Å². The summed E-state index contributed by atoms with van der Waals surface area (Å²) in [6, 6.07) is 14.1. The predicted octanol–water partition coefficient (Wildman–Crippen LogP) is 5.90. The fourth-order valence-corrected chi connectivity index (χ4v) is 3.27. The number of ether oxygens (including phenoxy) is 1. The summed E-state index contributed by atoms with van der Waals surface area (Å²) in [5, 5.41) is 11.6. The van der Waals surface area contributed by atoms with Crippen molar-refractivity contribution < 1.29 is 9.13 Å². The van der Waals surface area contributed by atoms with Gasteiger partial charge in [0.25, 0.3) is 0 Å². The van der Waals surface area contributed by atoms with Crippen LogP contribution in [-0.4, -0.2) is 27.7 Å². The zero-order valence-corrected chi connectivity index (χ0v) is 18.0. The fourth-order valence-electron chi connectivity index (χ4n) is 3.07. The van der Waals surface area contributed by atoms with Gasteiger partial charge in [-0.1, -0.05) is 56.9 Å². The predicted molar refractivity (Wildman–Crippen MR) is 120 cm³/mol. The molecule has 30 heavy (non-hydrogen) atoms. The van der Waals surface area contributed by atoms with Gasteiger partial charge in [-0.05, 0) is 48.5 Å². The molecule has 0 saturated heterocycles. The van der Waals surface area contributed by atoms with Crippen molar-refractivity contribution in [3.63, 3.8) is 0 Å². The minimum Gasteiger partial charge on any atom is -0.493 e. The summed E-state index contributed by atoms with van der Waals surface area (Å²) < 4.78 is 21.1. The Labute approximate surface area is 181 Å². The highest BCUT2D eigenvalue weighted by Gasteiger charge is 2.07. The van der Waals surface area contributed by atoms with Crippen LogP contribution < -0.4 is 4.74 Å². The summed E-state index contributed by atoms with van der Waals surface area (Å²) in [5.74, 6) is 1.18. The van der Waals surface area contributed by atoms with Crippen molar-refractivity contribution in [3.05, 3.63) is 76.1 Å². The van der Waals surface area contributed by atoms with Crippen LogP contribution in [0.3, 0.4) is 0 Å². The van der Waals surface area contributed by atoms with Gasteiger partial charge in [-0.3, -0.25) is 5.10 Å². The Morgan fingerprint density at radius 3 is 2.67 bits per heavy atom. The quantitative estimate of drug-likeness (QED) is 0.236. The molecule has 0 amide bonds. The number of hydrogen-bond donors (Lipinski definition) is 1. The van der Waals surface area contributed by atoms with E-state index in [0.29, 0.717) is 23.6 Å². The number of nitrogens with one attached hydrogen (secondary N) is 1. The molecule has 2 aromatic carbocycles. The standard InChI is InChI=1S/C23H27FN4OS/c1-2-3-4-5-8-15-29-21-10-7-6-9-19(21)17-25-28-22(26-27-23(28)30)16-18-11-13-20(24)14-12-18/h6-7,9-14,17H,2-5,8,15-16H2,1H3,(H,27,30)/b25-17-. The summed E-state index contributed by atoms with van der Waals surface area (Å²) >= 11 is 5.32. The molecular weight excluding hydrogens is 399 g/mol. The number of benzene rings is 2. The van der Waals surface area contributed by atoms with E-state index in [4.69, 9.17) is 17.0 Å². The molecule has 1 heterocycles. The van der Waals surface area contributed by atoms with Crippen LogP contribution in [0.2, 0.25) is 0 Å². The second-order valence-corrected chi connectivity index (χ2v) is 7.49. The Kier molecular flexibility index (Phi) is 8.32. The lowest BCUT2D eigenvalue weighted by Crippen LogP contribution is -2.02. The first-order valence-corrected chi connectivity index (χ1v) is 10.7. The minimum atomic E-state index is -0.266. The van der Waals surface area contributed by atoms with E-state index in [1.54, 1.807) is 23.0 Å². The molecular formula is C23H27FN4OS. The molecule has 158 valence electrons. The minimum absolute atomic E-state index is 0.266. The number of aromatic amines is 1. The zero-order valence-electron chi connectivity index (χ0n) is 17.2. The van der Waals surface area contributed by atoms with Crippen LogP contribution in [0.25, 0.3) is 0 Å². The van der Waals surface area contributed by atoms with Crippen LogP contribution in [0.1, 0.15) is 56.0 Å². The van der Waals surface area contributed by atoms with E-state index in [1.165, 1.54) is 37.8 Å². The number of hydrogen-bond acceptors (Lipinski definition) is 4. The molecule has 3 aromatic rings. The van der Waals surface area contributed by atoms with Crippen molar-refractivity contribution in [2.45, 2.75) is 45.4 Å². The third kappa shape index (κ3) is 6.35. The Morgan fingerprint density at radius 2 is 1.87 bits per heavy atom. The molecule has 3 rings (SSSR count). The first-order chi connectivity index (χ1) is 14.7. The molecule has 0 atom stereocenters. The molecule has 0 radical (unpaired) electrons. The molecule has 0 aliphatic heterocycles. The second-order valence-electron chi connectivity index (χ2n) is 7.11. The van der Waals surface area contributed by atoms with Gasteiger partial charge < -0.3 is 4.74 Å². The van der Waals surface area contributed by atoms with Crippen LogP contribution in [0, 0.1) is 10.6 Å². The zero-order chi connectivity index (χ0) is 21.2. The molecule has 0 spiro atoms. The maximum Gasteiger partial charge on any atom is 0.216 e. The highest BCUT2D eigenvalue weighted by atomic mass is 32.1. The molecule has 0 fully saturated rings. The van der Waals surface area contributed by atoms with Gasteiger partial charge in [0.1, 0.15) is 11.6 Å². The van der Waals surface area contributed by atoms with E-state index < -0.39 is 0 Å². The summed E-state index contributed by atoms with van der Waals surface area (Å²) in [6.45, 7) is 2.90. The summed E-state index contributed by atoms with van der Waals surface area (Å²) in [6.07, 6.45) is 8.20. The number of aromatic nitrogens is 3. The fraction of sp³-hybridized carbons (Fsp3) is 0.348. The van der Waals surface area contributed by atoms with Crippen molar-refractivity contribution in [3.8, 4) is 5.75 Å². The van der Waals surface area contributed by atoms with Gasteiger partial charge in [0.2, 0.25) is 4.77 Å². The number of rotatable bonds is 11. The number of H-pyrrole nitrogens is 1. The lowest BCUT2D eigenvalue weighted by atomic mass is 10.1. The molecule has 1 N–H and O–H groups in total. The van der Waals surface area contributed by atoms with Gasteiger partial charge in [0.05, 0.1) is 12.8 Å². The van der Waals surface area contributed by atoms with Gasteiger partial charge in [0.15, 0.2) is 5.82 Å². The molecule has 0 bridgehead atoms. The first-order valence-electron chi connectivity index (χ1n) is 10.3. The third-order valence-electron chi connectivity index (χ3n) is 4.73. The number of para-hydroxylation sites is 1. The van der Waals surface area contributed by atoms with E-state index in [9.17, 15) is 4.39 Å². The number of halogens is 1. The number of unbranched alkanes of at least 4 members (excludes halogenated alkanes) is 4. The highest BCUT2D eigenvalue weighted by Crippen LogP contribution is 2.17. The third-order valence-corrected chi connectivity index (χ3v) is 4.99. The van der Waals surface area contributed by atoms with Gasteiger partial charge >= 0.3 is 0 Å². The normalized spacial score (nSPS) is 11.3. The topological polar surface area (TPSA) is 55.2 Å². The molecule has 0 unspecified atom stereocenters. The van der Waals surface area contributed by atoms with Crippen molar-refractivity contribution in [1.82, 2.24) is 14.9 Å². The molecule has 0 aliphatic rings. The Morgan fingerprint density at radius 1 is 1.10 bits per heavy atom. The maximum absolute atomic E-state index is 13.1. The first kappa shape index (κ1) is 21.9. The van der Waals surface area contributed by atoms with Crippen molar-refractivity contribution in [2.75, 3.05) is 6.61 Å². The largest absolute Gasteiger partial charge is 0.493 e. The van der Waals surface area contributed by atoms with Crippen LogP contribution in [0.4, 0.5) is 4.39 Å². The van der Waals surface area contributed by atoms with Gasteiger partial charge in [-0.2, -0.15) is 14.9 Å². The molecule has 0 aliphatic carbocycles. The lowest BCUT2D eigenvalue weighted by molar-refractivity contribution is 0.304. The lowest BCUT2D eigenvalue weighted by Gasteiger charge is -2.09. The molecule has 0 saturated carbocycles. The smallest absolute Gasteiger partial charge is 0.216 e. The van der Waals surface area contributed by atoms with E-state index in [-0.39, 0.29) is 5.82 Å². The summed E-state index contributed by atoms with van der Waals surface area (Å²) in [7, 11) is 0. The van der Waals surface area contributed by atoms with Gasteiger partial charge in [-0.25, -0.2) is 4.39 Å². The maximum atomic E-state index is 13.1. The van der Waals surface area contributed by atoms with Crippen LogP contribution >= 0.6 is 12.2 Å². The summed E-state index contributed by atoms with van der Waals surface area (Å²) in [4.78, 5) is 0. The Balaban J connectivity index is 1.68. The average molecular weight is 427 g/mol. The molecule has 1 aromatic heterocycles. The molecule has 5 nitrogen and oxygen atoms in total. The SMILES string of the molecule is CCCCCCCOc1ccccc1/C=N\n1c(Cc2ccc(F)cc2)n[nH]c1=S. The van der Waals surface area contributed by atoms with E-state index in [1.807, 2.05) is 24.3 Å². The van der Waals surface area contributed by atoms with Crippen molar-refractivity contribution in [2.24, 2.45) is 5.10 Å². The van der Waals surface area contributed by atoms with E-state index >= 15 is 0 Å². The van der Waals surface area contributed by atoms with Crippen molar-refractivity contribution in [1.29, 1.82) is 0 Å². The monoisotopic (exact) mass is 426 g/mol. The van der Waals surface area contributed by atoms with Crippen LogP contribution in [0.5, 0.6) is 5.75 Å². The van der Waals surface area contributed by atoms with Crippen LogP contribution in [-0.2, 0) is 6.42 Å². The van der Waals surface area contributed by atoms with Gasteiger partial charge in [-0.15, -0.1) is 0 Å². The van der Waals surface area contributed by atoms with E-state index in [0.717, 1.165) is 23.3 Å². The number of nitrogens with zero attached hydrogens (tertiary/aromatic N) is 3. The Hall–Kier alpha value is -2.80. The second kappa shape index (κ2) is 11.4. The summed E-state index contributed by atoms with van der Waals surface area (Å²) in [5.41, 5.74) is 1.80. The molecule has 7 heteroatoms. The van der Waals surface area contributed by atoms with Gasteiger partial charge in [0, 0.05) is 12.0 Å². The average Bonchev–Trinajstić information content (AvgIpc) is 3.10.